The van der Waals surface area contributed by atoms with Crippen LogP contribution in [0.3, 0.4) is 0 Å². The van der Waals surface area contributed by atoms with Gasteiger partial charge in [0, 0.05) is 11.6 Å². The molecule has 84 valence electrons. The third-order valence-electron chi connectivity index (χ3n) is 2.09. The Morgan fingerprint density at radius 3 is 2.81 bits per heavy atom. The lowest BCUT2D eigenvalue weighted by Gasteiger charge is -2.07. The normalized spacial score (nSPS) is 10.4. The number of nitrogens with zero attached hydrogens (tertiary/aromatic N) is 1. The van der Waals surface area contributed by atoms with Crippen molar-refractivity contribution >= 4 is 5.88 Å². The average molecular weight is 224 g/mol. The number of nitrogens with two attached hydrogens (primary N) is 1. The van der Waals surface area contributed by atoms with Gasteiger partial charge in [0.1, 0.15) is 5.69 Å². The molecule has 0 atom stereocenters. The Bertz CT molecular complexity index is 525. The summed E-state index contributed by atoms with van der Waals surface area (Å²) in [5.41, 5.74) is 6.06. The van der Waals surface area contributed by atoms with Crippen LogP contribution in [0, 0.1) is 5.82 Å². The van der Waals surface area contributed by atoms with Gasteiger partial charge in [-0.3, -0.25) is 0 Å². The number of hydrogen-bond acceptors (Lipinski definition) is 5. The third-order valence-corrected chi connectivity index (χ3v) is 2.09. The fourth-order valence-electron chi connectivity index (χ4n) is 1.36. The molecule has 0 aliphatic heterocycles. The maximum atomic E-state index is 13.5. The standard InChI is InChI=1S/C10H9FN2O3/c1-15-10-5(2-3-7(14)9(10)11)6-4-8(12)16-13-6/h2-4,14H,12H2,1H3. The van der Waals surface area contributed by atoms with Gasteiger partial charge in [0.25, 0.3) is 0 Å². The highest BCUT2D eigenvalue weighted by molar-refractivity contribution is 5.70. The van der Waals surface area contributed by atoms with Gasteiger partial charge in [-0.25, -0.2) is 0 Å². The summed E-state index contributed by atoms with van der Waals surface area (Å²) in [6.07, 6.45) is 0. The SMILES string of the molecule is COc1c(-c2cc(N)on2)ccc(O)c1F. The molecule has 0 amide bonds. The summed E-state index contributed by atoms with van der Waals surface area (Å²) in [4.78, 5) is 0. The zero-order valence-electron chi connectivity index (χ0n) is 8.40. The molecule has 1 aromatic heterocycles. The number of aromatic hydroxyl groups is 1. The molecule has 1 heterocycles. The summed E-state index contributed by atoms with van der Waals surface area (Å²) in [5.74, 6) is -1.32. The van der Waals surface area contributed by atoms with Crippen LogP contribution in [0.1, 0.15) is 0 Å². The van der Waals surface area contributed by atoms with Gasteiger partial charge >= 0.3 is 0 Å². The number of nitrogen functional groups attached to an aromatic ring is 1. The zero-order valence-corrected chi connectivity index (χ0v) is 8.40. The largest absolute Gasteiger partial charge is 0.505 e. The fourth-order valence-corrected chi connectivity index (χ4v) is 1.36. The molecule has 0 unspecified atom stereocenters. The summed E-state index contributed by atoms with van der Waals surface area (Å²) < 4.78 is 23.0. The Morgan fingerprint density at radius 1 is 1.50 bits per heavy atom. The van der Waals surface area contributed by atoms with Gasteiger partial charge in [0.15, 0.2) is 11.5 Å². The van der Waals surface area contributed by atoms with E-state index in [-0.39, 0.29) is 11.6 Å². The van der Waals surface area contributed by atoms with E-state index in [0.717, 1.165) is 0 Å². The van der Waals surface area contributed by atoms with E-state index in [9.17, 15) is 9.50 Å². The quantitative estimate of drug-likeness (QED) is 0.812. The van der Waals surface area contributed by atoms with Crippen LogP contribution in [-0.2, 0) is 0 Å². The molecular weight excluding hydrogens is 215 g/mol. The summed E-state index contributed by atoms with van der Waals surface area (Å²) in [6.45, 7) is 0. The van der Waals surface area contributed by atoms with E-state index in [1.54, 1.807) is 0 Å². The van der Waals surface area contributed by atoms with Crippen molar-refractivity contribution in [2.24, 2.45) is 0 Å². The average Bonchev–Trinajstić information content (AvgIpc) is 2.68. The number of phenols is 1. The van der Waals surface area contributed by atoms with Crippen LogP contribution in [0.25, 0.3) is 11.3 Å². The Hall–Kier alpha value is -2.24. The van der Waals surface area contributed by atoms with E-state index < -0.39 is 11.6 Å². The third kappa shape index (κ3) is 1.54. The van der Waals surface area contributed by atoms with Gasteiger partial charge in [0.05, 0.1) is 7.11 Å². The predicted molar refractivity (Wildman–Crippen MR) is 54.5 cm³/mol. The molecule has 0 aliphatic rings. The maximum Gasteiger partial charge on any atom is 0.222 e. The monoisotopic (exact) mass is 224 g/mol. The Balaban J connectivity index is 2.61. The lowest BCUT2D eigenvalue weighted by molar-refractivity contribution is 0.365. The first kappa shape index (κ1) is 10.3. The summed E-state index contributed by atoms with van der Waals surface area (Å²) in [5, 5.41) is 12.8. The van der Waals surface area contributed by atoms with E-state index in [1.807, 2.05) is 0 Å². The number of phenolic OH excluding ortho intramolecular Hbond substituents is 1. The minimum atomic E-state index is -0.846. The van der Waals surface area contributed by atoms with Crippen LogP contribution in [0.15, 0.2) is 22.7 Å². The van der Waals surface area contributed by atoms with Gasteiger partial charge in [0.2, 0.25) is 11.7 Å². The predicted octanol–water partition coefficient (Wildman–Crippen LogP) is 1.78. The first-order valence-corrected chi connectivity index (χ1v) is 4.41. The molecule has 0 spiro atoms. The lowest BCUT2D eigenvalue weighted by Crippen LogP contribution is -1.92. The molecular formula is C10H9FN2O3. The van der Waals surface area contributed by atoms with Gasteiger partial charge in [-0.2, -0.15) is 4.39 Å². The van der Waals surface area contributed by atoms with Crippen molar-refractivity contribution in [3.63, 3.8) is 0 Å². The van der Waals surface area contributed by atoms with Crippen LogP contribution < -0.4 is 10.5 Å². The molecule has 0 saturated carbocycles. The second-order valence-corrected chi connectivity index (χ2v) is 3.09. The Morgan fingerprint density at radius 2 is 2.25 bits per heavy atom. The first-order valence-electron chi connectivity index (χ1n) is 4.41. The minimum Gasteiger partial charge on any atom is -0.505 e. The molecule has 0 fully saturated rings. The number of aromatic nitrogens is 1. The van der Waals surface area contributed by atoms with E-state index >= 15 is 0 Å². The Labute approximate surface area is 90.2 Å². The van der Waals surface area contributed by atoms with Crippen LogP contribution in [0.2, 0.25) is 0 Å². The fraction of sp³-hybridized carbons (Fsp3) is 0.100. The number of halogens is 1. The van der Waals surface area contributed by atoms with Crippen molar-refractivity contribution in [3.05, 3.63) is 24.0 Å². The number of ether oxygens (including phenoxy) is 1. The molecule has 16 heavy (non-hydrogen) atoms. The molecule has 0 saturated heterocycles. The van der Waals surface area contributed by atoms with Crippen LogP contribution in [0.5, 0.6) is 11.5 Å². The van der Waals surface area contributed by atoms with Crippen molar-refractivity contribution in [2.45, 2.75) is 0 Å². The lowest BCUT2D eigenvalue weighted by atomic mass is 10.1. The highest BCUT2D eigenvalue weighted by Gasteiger charge is 2.17. The molecule has 0 radical (unpaired) electrons. The summed E-state index contributed by atoms with van der Waals surface area (Å²) >= 11 is 0. The van der Waals surface area contributed by atoms with E-state index in [1.165, 1.54) is 25.3 Å². The topological polar surface area (TPSA) is 81.5 Å². The zero-order chi connectivity index (χ0) is 11.7. The van der Waals surface area contributed by atoms with Gasteiger partial charge in [-0.1, -0.05) is 5.16 Å². The second-order valence-electron chi connectivity index (χ2n) is 3.09. The van der Waals surface area contributed by atoms with E-state index in [4.69, 9.17) is 10.5 Å². The summed E-state index contributed by atoms with van der Waals surface area (Å²) in [6, 6.07) is 4.11. The van der Waals surface area contributed by atoms with E-state index in [2.05, 4.69) is 9.68 Å². The first-order chi connectivity index (χ1) is 7.63. The molecule has 0 bridgehead atoms. The molecule has 2 rings (SSSR count). The van der Waals surface area contributed by atoms with Crippen LogP contribution in [0.4, 0.5) is 10.3 Å². The van der Waals surface area contributed by atoms with Crippen molar-refractivity contribution in [2.75, 3.05) is 12.8 Å². The molecule has 3 N–H and O–H groups in total. The number of rotatable bonds is 2. The molecule has 1 aromatic carbocycles. The maximum absolute atomic E-state index is 13.5. The van der Waals surface area contributed by atoms with Crippen LogP contribution in [-0.4, -0.2) is 17.4 Å². The van der Waals surface area contributed by atoms with Gasteiger partial charge in [-0.15, -0.1) is 0 Å². The minimum absolute atomic E-state index is 0.103. The second kappa shape index (κ2) is 3.73. The smallest absolute Gasteiger partial charge is 0.222 e. The van der Waals surface area contributed by atoms with Crippen LogP contribution >= 0.6 is 0 Å². The van der Waals surface area contributed by atoms with Crippen molar-refractivity contribution in [1.82, 2.24) is 5.16 Å². The van der Waals surface area contributed by atoms with Crippen molar-refractivity contribution < 1.29 is 18.8 Å². The van der Waals surface area contributed by atoms with Gasteiger partial charge in [-0.05, 0) is 12.1 Å². The molecule has 0 aliphatic carbocycles. The highest BCUT2D eigenvalue weighted by atomic mass is 19.1. The highest BCUT2D eigenvalue weighted by Crippen LogP contribution is 2.36. The number of anilines is 1. The number of benzene rings is 1. The molecule has 6 heteroatoms. The molecule has 5 nitrogen and oxygen atoms in total. The molecule has 2 aromatic rings. The summed E-state index contributed by atoms with van der Waals surface area (Å²) in [7, 11) is 1.30. The van der Waals surface area contributed by atoms with Crippen molar-refractivity contribution in [3.8, 4) is 22.8 Å². The van der Waals surface area contributed by atoms with Gasteiger partial charge < -0.3 is 20.1 Å². The Kier molecular flexibility index (Phi) is 2.40. The van der Waals surface area contributed by atoms with Crippen molar-refractivity contribution in [1.29, 1.82) is 0 Å². The van der Waals surface area contributed by atoms with E-state index in [0.29, 0.717) is 11.3 Å². The number of methoxy groups -OCH3 is 1. The number of hydrogen-bond donors (Lipinski definition) is 2.